The number of rotatable bonds is 2. The second kappa shape index (κ2) is 6.73. The van der Waals surface area contributed by atoms with Gasteiger partial charge in [-0.05, 0) is 66.7 Å². The van der Waals surface area contributed by atoms with Crippen molar-refractivity contribution in [3.05, 3.63) is 41.0 Å². The Balaban J connectivity index is 1.74. The first kappa shape index (κ1) is 17.6. The molecule has 140 valence electrons. The third kappa shape index (κ3) is 2.75. The number of fused-ring (bicyclic) bond motifs is 3. The van der Waals surface area contributed by atoms with Gasteiger partial charge in [-0.3, -0.25) is 4.79 Å². The molecule has 0 aromatic heterocycles. The number of carbonyl (C=O) groups excluding carboxylic acids is 1. The van der Waals surface area contributed by atoms with Crippen molar-refractivity contribution < 1.29 is 14.3 Å². The number of ether oxygens (including phenoxy) is 2. The summed E-state index contributed by atoms with van der Waals surface area (Å²) < 4.78 is 11.1. The van der Waals surface area contributed by atoms with E-state index in [-0.39, 0.29) is 11.3 Å². The topological polar surface area (TPSA) is 38.8 Å². The molecule has 1 heterocycles. The molecule has 3 aliphatic rings. The number of amides is 1. The number of methoxy groups -OCH3 is 1. The Morgan fingerprint density at radius 2 is 2.08 bits per heavy atom. The van der Waals surface area contributed by atoms with Gasteiger partial charge >= 0.3 is 0 Å². The summed E-state index contributed by atoms with van der Waals surface area (Å²) in [6, 6.07) is 4.25. The molecule has 0 bridgehead atoms. The van der Waals surface area contributed by atoms with Crippen molar-refractivity contribution in [3.63, 3.8) is 0 Å². The Morgan fingerprint density at radius 1 is 1.31 bits per heavy atom. The molecule has 1 amide bonds. The average Bonchev–Trinajstić information content (AvgIpc) is 2.67. The number of allylic oxidation sites excluding steroid dienone is 1. The van der Waals surface area contributed by atoms with Crippen LogP contribution in [0.5, 0.6) is 5.75 Å². The van der Waals surface area contributed by atoms with E-state index >= 15 is 0 Å². The highest BCUT2D eigenvalue weighted by atomic mass is 16.5. The molecule has 4 heteroatoms. The summed E-state index contributed by atoms with van der Waals surface area (Å²) in [5.41, 5.74) is 4.90. The predicted molar refractivity (Wildman–Crippen MR) is 102 cm³/mol. The van der Waals surface area contributed by atoms with Gasteiger partial charge < -0.3 is 14.4 Å². The van der Waals surface area contributed by atoms with Crippen molar-refractivity contribution in [3.8, 4) is 5.75 Å². The van der Waals surface area contributed by atoms with Crippen molar-refractivity contribution in [2.45, 2.75) is 44.4 Å². The zero-order valence-electron chi connectivity index (χ0n) is 16.0. The van der Waals surface area contributed by atoms with Crippen molar-refractivity contribution in [1.29, 1.82) is 0 Å². The van der Waals surface area contributed by atoms with Gasteiger partial charge in [0.2, 0.25) is 0 Å². The summed E-state index contributed by atoms with van der Waals surface area (Å²) in [5, 5.41) is 0. The fraction of sp³-hybridized carbons (Fsp3) is 0.591. The largest absolute Gasteiger partial charge is 0.496 e. The Bertz CT molecular complexity index is 735. The van der Waals surface area contributed by atoms with Crippen molar-refractivity contribution >= 4 is 5.91 Å². The highest BCUT2D eigenvalue weighted by molar-refractivity contribution is 5.97. The average molecular weight is 355 g/mol. The van der Waals surface area contributed by atoms with E-state index in [1.807, 2.05) is 4.90 Å². The van der Waals surface area contributed by atoms with E-state index in [2.05, 4.69) is 25.6 Å². The van der Waals surface area contributed by atoms with Crippen LogP contribution in [0.1, 0.15) is 54.1 Å². The molecular formula is C22H29NO3. The summed E-state index contributed by atoms with van der Waals surface area (Å²) in [4.78, 5) is 14.9. The van der Waals surface area contributed by atoms with Crippen LogP contribution in [0, 0.1) is 5.92 Å². The second-order valence-electron chi connectivity index (χ2n) is 8.13. The van der Waals surface area contributed by atoms with Crippen molar-refractivity contribution in [1.82, 2.24) is 4.90 Å². The highest BCUT2D eigenvalue weighted by Crippen LogP contribution is 2.52. The molecule has 2 atom stereocenters. The lowest BCUT2D eigenvalue weighted by atomic mass is 9.57. The van der Waals surface area contributed by atoms with Gasteiger partial charge in [0.15, 0.2) is 0 Å². The fourth-order valence-electron chi connectivity index (χ4n) is 5.26. The molecule has 2 fully saturated rings. The number of nitrogens with zero attached hydrogens (tertiary/aromatic N) is 1. The van der Waals surface area contributed by atoms with E-state index in [9.17, 15) is 4.79 Å². The first-order valence-electron chi connectivity index (χ1n) is 9.80. The van der Waals surface area contributed by atoms with E-state index in [1.165, 1.54) is 29.5 Å². The van der Waals surface area contributed by atoms with Crippen LogP contribution in [0.2, 0.25) is 0 Å². The normalized spacial score (nSPS) is 28.3. The van der Waals surface area contributed by atoms with Crippen LogP contribution < -0.4 is 4.74 Å². The van der Waals surface area contributed by atoms with Crippen LogP contribution in [0.4, 0.5) is 0 Å². The molecule has 2 aliphatic carbocycles. The van der Waals surface area contributed by atoms with Gasteiger partial charge in [-0.1, -0.05) is 19.1 Å². The maximum atomic E-state index is 13.1. The van der Waals surface area contributed by atoms with Gasteiger partial charge in [0, 0.05) is 13.1 Å². The Hall–Kier alpha value is -1.81. The number of carbonyl (C=O) groups is 1. The minimum absolute atomic E-state index is 0.0632. The SMILES string of the molecule is C=C1CCC[C@]2(C)c3cc(OC)c(C(=O)N4CCOCC4)cc3CC[C@@H]12. The summed E-state index contributed by atoms with van der Waals surface area (Å²) in [7, 11) is 1.67. The van der Waals surface area contributed by atoms with Gasteiger partial charge in [-0.15, -0.1) is 0 Å². The highest BCUT2D eigenvalue weighted by Gasteiger charge is 2.44. The lowest BCUT2D eigenvalue weighted by molar-refractivity contribution is 0.0300. The molecule has 1 aromatic rings. The molecule has 0 unspecified atom stereocenters. The maximum absolute atomic E-state index is 13.1. The third-order valence-electron chi connectivity index (χ3n) is 6.73. The first-order valence-corrected chi connectivity index (χ1v) is 9.80. The van der Waals surface area contributed by atoms with Gasteiger partial charge in [0.25, 0.3) is 5.91 Å². The summed E-state index contributed by atoms with van der Waals surface area (Å²) in [5.74, 6) is 1.32. The van der Waals surface area contributed by atoms with Crippen LogP contribution in [0.25, 0.3) is 0 Å². The lowest BCUT2D eigenvalue weighted by Gasteiger charge is -2.47. The molecule has 1 aliphatic heterocycles. The minimum atomic E-state index is 0.0632. The van der Waals surface area contributed by atoms with Crippen molar-refractivity contribution in [2.24, 2.45) is 5.92 Å². The quantitative estimate of drug-likeness (QED) is 0.759. The van der Waals surface area contributed by atoms with Gasteiger partial charge in [0.1, 0.15) is 5.75 Å². The number of benzene rings is 1. The number of aryl methyl sites for hydroxylation is 1. The summed E-state index contributed by atoms with van der Waals surface area (Å²) in [6.45, 7) is 9.27. The van der Waals surface area contributed by atoms with E-state index in [0.717, 1.165) is 19.3 Å². The molecule has 0 radical (unpaired) electrons. The van der Waals surface area contributed by atoms with Crippen LogP contribution in [0.15, 0.2) is 24.3 Å². The van der Waals surface area contributed by atoms with E-state index in [0.29, 0.717) is 43.5 Å². The molecule has 0 spiro atoms. The predicted octanol–water partition coefficient (Wildman–Crippen LogP) is 3.73. The molecule has 1 aromatic carbocycles. The molecule has 26 heavy (non-hydrogen) atoms. The zero-order chi connectivity index (χ0) is 18.3. The monoisotopic (exact) mass is 355 g/mol. The van der Waals surface area contributed by atoms with Gasteiger partial charge in [-0.25, -0.2) is 0 Å². The molecule has 1 saturated carbocycles. The zero-order valence-corrected chi connectivity index (χ0v) is 16.0. The molecule has 4 rings (SSSR count). The first-order chi connectivity index (χ1) is 12.5. The Morgan fingerprint density at radius 3 is 2.81 bits per heavy atom. The molecule has 4 nitrogen and oxygen atoms in total. The number of hydrogen-bond acceptors (Lipinski definition) is 3. The number of hydrogen-bond donors (Lipinski definition) is 0. The fourth-order valence-corrected chi connectivity index (χ4v) is 5.26. The van der Waals surface area contributed by atoms with E-state index in [4.69, 9.17) is 9.47 Å². The van der Waals surface area contributed by atoms with Gasteiger partial charge in [0.05, 0.1) is 25.9 Å². The Kier molecular flexibility index (Phi) is 4.55. The summed E-state index contributed by atoms with van der Waals surface area (Å²) in [6.07, 6.45) is 5.69. The number of morpholine rings is 1. The van der Waals surface area contributed by atoms with Crippen LogP contribution >= 0.6 is 0 Å². The van der Waals surface area contributed by atoms with E-state index < -0.39 is 0 Å². The standard InChI is InChI=1S/C22H29NO3/c1-15-5-4-8-22(2)18(15)7-6-16-13-17(20(25-3)14-19(16)22)21(24)23-9-11-26-12-10-23/h13-14,18H,1,4-12H2,2-3H3/t18-,22-/m0/s1. The molecule has 1 saturated heterocycles. The van der Waals surface area contributed by atoms with Crippen LogP contribution in [-0.4, -0.2) is 44.2 Å². The minimum Gasteiger partial charge on any atom is -0.496 e. The lowest BCUT2D eigenvalue weighted by Crippen LogP contribution is -2.42. The third-order valence-corrected chi connectivity index (χ3v) is 6.73. The van der Waals surface area contributed by atoms with Crippen LogP contribution in [-0.2, 0) is 16.6 Å². The molecule has 0 N–H and O–H groups in total. The van der Waals surface area contributed by atoms with Crippen molar-refractivity contribution in [2.75, 3.05) is 33.4 Å². The maximum Gasteiger partial charge on any atom is 0.257 e. The second-order valence-corrected chi connectivity index (χ2v) is 8.13. The van der Waals surface area contributed by atoms with Crippen LogP contribution in [0.3, 0.4) is 0 Å². The smallest absolute Gasteiger partial charge is 0.257 e. The van der Waals surface area contributed by atoms with E-state index in [1.54, 1.807) is 7.11 Å². The summed E-state index contributed by atoms with van der Waals surface area (Å²) >= 11 is 0. The van der Waals surface area contributed by atoms with Gasteiger partial charge in [-0.2, -0.15) is 0 Å². The Labute approximate surface area is 156 Å². The molecular weight excluding hydrogens is 326 g/mol.